The van der Waals surface area contributed by atoms with E-state index in [-0.39, 0.29) is 5.78 Å². The number of ether oxygens (including phenoxy) is 1. The number of rotatable bonds is 4. The Kier molecular flexibility index (Phi) is 4.40. The van der Waals surface area contributed by atoms with Crippen molar-refractivity contribution in [1.82, 2.24) is 0 Å². The summed E-state index contributed by atoms with van der Waals surface area (Å²) in [6.07, 6.45) is 7.08. The van der Waals surface area contributed by atoms with E-state index >= 15 is 0 Å². The van der Waals surface area contributed by atoms with Gasteiger partial charge in [-0.25, -0.2) is 0 Å². The second-order valence-electron chi connectivity index (χ2n) is 5.32. The number of hydrogen-bond acceptors (Lipinski definition) is 2. The number of benzene rings is 1. The SMILES string of the molecule is COc1ccc(C(=O)CC2CCCCC2)cc1C. The number of hydrogen-bond donors (Lipinski definition) is 0. The molecule has 1 saturated carbocycles. The van der Waals surface area contributed by atoms with Crippen LogP contribution in [0, 0.1) is 12.8 Å². The van der Waals surface area contributed by atoms with E-state index in [4.69, 9.17) is 4.74 Å². The molecule has 98 valence electrons. The molecule has 18 heavy (non-hydrogen) atoms. The van der Waals surface area contributed by atoms with Crippen LogP contribution in [0.1, 0.15) is 54.4 Å². The minimum atomic E-state index is 0.285. The third-order valence-corrected chi connectivity index (χ3v) is 3.92. The lowest BCUT2D eigenvalue weighted by Crippen LogP contribution is -2.12. The summed E-state index contributed by atoms with van der Waals surface area (Å²) in [5.41, 5.74) is 1.87. The van der Waals surface area contributed by atoms with Crippen LogP contribution in [-0.2, 0) is 0 Å². The van der Waals surface area contributed by atoms with Crippen LogP contribution in [0.5, 0.6) is 5.75 Å². The Hall–Kier alpha value is -1.31. The molecule has 0 spiro atoms. The van der Waals surface area contributed by atoms with Crippen molar-refractivity contribution in [2.24, 2.45) is 5.92 Å². The summed E-state index contributed by atoms with van der Waals surface area (Å²) in [7, 11) is 1.66. The largest absolute Gasteiger partial charge is 0.496 e. The smallest absolute Gasteiger partial charge is 0.163 e. The quantitative estimate of drug-likeness (QED) is 0.746. The molecule has 1 aliphatic rings. The third kappa shape index (κ3) is 3.12. The van der Waals surface area contributed by atoms with Crippen molar-refractivity contribution in [2.45, 2.75) is 45.4 Å². The van der Waals surface area contributed by atoms with Gasteiger partial charge in [0.1, 0.15) is 5.75 Å². The number of aryl methyl sites for hydroxylation is 1. The maximum Gasteiger partial charge on any atom is 0.163 e. The van der Waals surface area contributed by atoms with Gasteiger partial charge in [0.05, 0.1) is 7.11 Å². The van der Waals surface area contributed by atoms with E-state index in [9.17, 15) is 4.79 Å². The molecule has 0 aromatic heterocycles. The number of carbonyl (C=O) groups is 1. The van der Waals surface area contributed by atoms with Crippen LogP contribution in [0.3, 0.4) is 0 Å². The van der Waals surface area contributed by atoms with Crippen molar-refractivity contribution in [3.8, 4) is 5.75 Å². The number of ketones is 1. The van der Waals surface area contributed by atoms with E-state index < -0.39 is 0 Å². The maximum atomic E-state index is 12.2. The van der Waals surface area contributed by atoms with Gasteiger partial charge in [-0.2, -0.15) is 0 Å². The highest BCUT2D eigenvalue weighted by molar-refractivity contribution is 5.96. The van der Waals surface area contributed by atoms with Crippen molar-refractivity contribution in [2.75, 3.05) is 7.11 Å². The van der Waals surface area contributed by atoms with E-state index in [1.807, 2.05) is 25.1 Å². The lowest BCUT2D eigenvalue weighted by Gasteiger charge is -2.20. The molecule has 0 N–H and O–H groups in total. The summed E-state index contributed by atoms with van der Waals surface area (Å²) in [5, 5.41) is 0. The molecule has 0 aliphatic heterocycles. The highest BCUT2D eigenvalue weighted by Crippen LogP contribution is 2.28. The Morgan fingerprint density at radius 1 is 1.28 bits per heavy atom. The molecule has 2 nitrogen and oxygen atoms in total. The minimum absolute atomic E-state index is 0.285. The van der Waals surface area contributed by atoms with Gasteiger partial charge in [0.2, 0.25) is 0 Å². The van der Waals surface area contributed by atoms with Crippen LogP contribution < -0.4 is 4.74 Å². The first-order valence-corrected chi connectivity index (χ1v) is 6.88. The van der Waals surface area contributed by atoms with Crippen LogP contribution >= 0.6 is 0 Å². The number of Topliss-reactive ketones (excluding diaryl/α,β-unsaturated/α-hetero) is 1. The molecular formula is C16H22O2. The van der Waals surface area contributed by atoms with Gasteiger partial charge in [-0.15, -0.1) is 0 Å². The van der Waals surface area contributed by atoms with Crippen LogP contribution in [0.4, 0.5) is 0 Å². The fourth-order valence-corrected chi connectivity index (χ4v) is 2.82. The molecule has 0 heterocycles. The monoisotopic (exact) mass is 246 g/mol. The van der Waals surface area contributed by atoms with Crippen molar-refractivity contribution in [3.05, 3.63) is 29.3 Å². The van der Waals surface area contributed by atoms with Gasteiger partial charge in [-0.1, -0.05) is 32.1 Å². The Labute approximate surface area is 109 Å². The first kappa shape index (κ1) is 13.1. The highest BCUT2D eigenvalue weighted by atomic mass is 16.5. The minimum Gasteiger partial charge on any atom is -0.496 e. The molecule has 2 rings (SSSR count). The van der Waals surface area contributed by atoms with Crippen LogP contribution in [0.25, 0.3) is 0 Å². The zero-order chi connectivity index (χ0) is 13.0. The fraction of sp³-hybridized carbons (Fsp3) is 0.562. The van der Waals surface area contributed by atoms with Gasteiger partial charge >= 0.3 is 0 Å². The van der Waals surface area contributed by atoms with Crippen LogP contribution in [0.15, 0.2) is 18.2 Å². The van der Waals surface area contributed by atoms with Crippen molar-refractivity contribution < 1.29 is 9.53 Å². The zero-order valence-corrected chi connectivity index (χ0v) is 11.4. The highest BCUT2D eigenvalue weighted by Gasteiger charge is 2.18. The molecule has 1 aromatic rings. The molecular weight excluding hydrogens is 224 g/mol. The molecule has 0 radical (unpaired) electrons. The van der Waals surface area contributed by atoms with Gasteiger partial charge in [-0.05, 0) is 36.6 Å². The topological polar surface area (TPSA) is 26.3 Å². The first-order valence-electron chi connectivity index (χ1n) is 6.88. The summed E-state index contributed by atoms with van der Waals surface area (Å²) in [4.78, 5) is 12.2. The predicted molar refractivity (Wildman–Crippen MR) is 73.3 cm³/mol. The van der Waals surface area contributed by atoms with E-state index in [1.165, 1.54) is 32.1 Å². The third-order valence-electron chi connectivity index (χ3n) is 3.92. The summed E-state index contributed by atoms with van der Waals surface area (Å²) in [5.74, 6) is 1.74. The van der Waals surface area contributed by atoms with Gasteiger partial charge in [0.15, 0.2) is 5.78 Å². The maximum absolute atomic E-state index is 12.2. The number of carbonyl (C=O) groups excluding carboxylic acids is 1. The Morgan fingerprint density at radius 2 is 2.00 bits per heavy atom. The van der Waals surface area contributed by atoms with Crippen LogP contribution in [0.2, 0.25) is 0 Å². The van der Waals surface area contributed by atoms with E-state index in [2.05, 4.69) is 0 Å². The normalized spacial score (nSPS) is 16.6. The van der Waals surface area contributed by atoms with Gasteiger partial charge < -0.3 is 4.74 Å². The number of methoxy groups -OCH3 is 1. The lowest BCUT2D eigenvalue weighted by atomic mass is 9.84. The lowest BCUT2D eigenvalue weighted by molar-refractivity contribution is 0.0950. The molecule has 1 fully saturated rings. The summed E-state index contributed by atoms with van der Waals surface area (Å²) in [6.45, 7) is 1.98. The second-order valence-corrected chi connectivity index (χ2v) is 5.32. The Bertz CT molecular complexity index is 417. The Balaban J connectivity index is 2.01. The van der Waals surface area contributed by atoms with Crippen molar-refractivity contribution >= 4 is 5.78 Å². The average Bonchev–Trinajstić information content (AvgIpc) is 2.39. The molecule has 0 amide bonds. The fourth-order valence-electron chi connectivity index (χ4n) is 2.82. The summed E-state index contributed by atoms with van der Waals surface area (Å²) >= 11 is 0. The molecule has 2 heteroatoms. The molecule has 1 aliphatic carbocycles. The molecule has 1 aromatic carbocycles. The zero-order valence-electron chi connectivity index (χ0n) is 11.4. The standard InChI is InChI=1S/C16H22O2/c1-12-10-14(8-9-16(12)18-2)15(17)11-13-6-4-3-5-7-13/h8-10,13H,3-7,11H2,1-2H3. The van der Waals surface area contributed by atoms with Crippen molar-refractivity contribution in [1.29, 1.82) is 0 Å². The Morgan fingerprint density at radius 3 is 2.61 bits per heavy atom. The van der Waals surface area contributed by atoms with Crippen molar-refractivity contribution in [3.63, 3.8) is 0 Å². The molecule has 0 bridgehead atoms. The van der Waals surface area contributed by atoms with Gasteiger partial charge in [0.25, 0.3) is 0 Å². The average molecular weight is 246 g/mol. The first-order chi connectivity index (χ1) is 8.70. The van der Waals surface area contributed by atoms with Crippen LogP contribution in [-0.4, -0.2) is 12.9 Å². The summed E-state index contributed by atoms with van der Waals surface area (Å²) < 4.78 is 5.22. The predicted octanol–water partition coefficient (Wildman–Crippen LogP) is 4.16. The van der Waals surface area contributed by atoms with Gasteiger partial charge in [-0.3, -0.25) is 4.79 Å². The molecule has 0 unspecified atom stereocenters. The van der Waals surface area contributed by atoms with Gasteiger partial charge in [0, 0.05) is 12.0 Å². The second kappa shape index (κ2) is 6.03. The summed E-state index contributed by atoms with van der Waals surface area (Å²) in [6, 6.07) is 5.73. The van der Waals surface area contributed by atoms with E-state index in [0.717, 1.165) is 16.9 Å². The molecule has 0 saturated heterocycles. The molecule has 0 atom stereocenters. The van der Waals surface area contributed by atoms with E-state index in [1.54, 1.807) is 7.11 Å². The van der Waals surface area contributed by atoms with E-state index in [0.29, 0.717) is 12.3 Å².